The maximum Gasteiger partial charge on any atom is 0.135 e. The minimum absolute atomic E-state index is 0.269. The first kappa shape index (κ1) is 45.5. The van der Waals surface area contributed by atoms with Crippen LogP contribution in [0.4, 0.5) is 17.1 Å². The number of benzene rings is 12. The van der Waals surface area contributed by atoms with Crippen molar-refractivity contribution in [2.75, 3.05) is 11.1 Å². The molecule has 0 saturated heterocycles. The second kappa shape index (κ2) is 17.4. The Bertz CT molecular complexity index is 4740. The van der Waals surface area contributed by atoms with Gasteiger partial charge in [0, 0.05) is 54.2 Å². The first-order chi connectivity index (χ1) is 39.0. The Balaban J connectivity index is 0.000000111. The average molecular weight is 1080 g/mol. The number of nitrogens with one attached hydrogen (secondary N) is 1. The molecule has 4 aliphatic rings. The van der Waals surface area contributed by atoms with E-state index in [1.54, 1.807) is 0 Å². The van der Waals surface area contributed by atoms with Gasteiger partial charge in [0.1, 0.15) is 22.3 Å². The van der Waals surface area contributed by atoms with Gasteiger partial charge in [-0.3, -0.25) is 0 Å². The molecule has 2 heterocycles. The number of hydrogen-bond acceptors (Lipinski definition) is 4. The zero-order valence-electron chi connectivity index (χ0n) is 42.7. The fourth-order valence-electron chi connectivity index (χ4n) is 14.1. The van der Waals surface area contributed by atoms with Gasteiger partial charge in [-0.05, 0) is 139 Å². The number of nitrogen functional groups attached to an aromatic ring is 1. The molecule has 0 bridgehead atoms. The summed E-state index contributed by atoms with van der Waals surface area (Å²) in [7, 11) is 0. The summed E-state index contributed by atoms with van der Waals surface area (Å²) < 4.78 is 12.8. The molecular formula is C74H47BrN2O2. The Morgan fingerprint density at radius 3 is 1.19 bits per heavy atom. The van der Waals surface area contributed by atoms with Crippen LogP contribution in [-0.2, 0) is 10.8 Å². The van der Waals surface area contributed by atoms with Crippen LogP contribution in [0.25, 0.3) is 88.4 Å². The molecule has 0 saturated carbocycles. The van der Waals surface area contributed by atoms with Crippen LogP contribution in [0, 0.1) is 0 Å². The third-order valence-electron chi connectivity index (χ3n) is 17.1. The van der Waals surface area contributed by atoms with E-state index in [0.717, 1.165) is 60.0 Å². The number of halogens is 1. The van der Waals surface area contributed by atoms with E-state index >= 15 is 0 Å². The van der Waals surface area contributed by atoms with Gasteiger partial charge in [-0.25, -0.2) is 0 Å². The minimum Gasteiger partial charge on any atom is -0.456 e. The van der Waals surface area contributed by atoms with Gasteiger partial charge in [0.15, 0.2) is 0 Å². The Morgan fingerprint density at radius 2 is 0.671 bits per heavy atom. The van der Waals surface area contributed by atoms with Gasteiger partial charge in [-0.1, -0.05) is 222 Å². The molecule has 0 atom stereocenters. The lowest BCUT2D eigenvalue weighted by molar-refractivity contribution is 0.668. The molecule has 372 valence electrons. The van der Waals surface area contributed by atoms with Gasteiger partial charge in [0.05, 0.1) is 10.8 Å². The van der Waals surface area contributed by atoms with Gasteiger partial charge >= 0.3 is 0 Å². The summed E-state index contributed by atoms with van der Waals surface area (Å²) in [5.74, 6) is 0. The van der Waals surface area contributed by atoms with E-state index in [-0.39, 0.29) is 10.8 Å². The number of nitrogens with two attached hydrogens (primary N) is 1. The van der Waals surface area contributed by atoms with E-state index in [0.29, 0.717) is 0 Å². The summed E-state index contributed by atoms with van der Waals surface area (Å²) in [6.45, 7) is 0. The van der Waals surface area contributed by atoms with Crippen molar-refractivity contribution in [2.24, 2.45) is 0 Å². The summed E-state index contributed by atoms with van der Waals surface area (Å²) in [5, 5.41) is 8.40. The highest BCUT2D eigenvalue weighted by molar-refractivity contribution is 9.10. The zero-order valence-corrected chi connectivity index (χ0v) is 44.3. The lowest BCUT2D eigenvalue weighted by Gasteiger charge is -2.30. The van der Waals surface area contributed by atoms with E-state index < -0.39 is 0 Å². The third-order valence-corrected chi connectivity index (χ3v) is 17.6. The van der Waals surface area contributed by atoms with Crippen LogP contribution in [0.15, 0.2) is 280 Å². The molecular weight excluding hydrogens is 1030 g/mol. The molecule has 5 heteroatoms. The molecule has 12 aromatic carbocycles. The quantitative estimate of drug-likeness (QED) is 0.169. The van der Waals surface area contributed by atoms with E-state index in [4.69, 9.17) is 14.6 Å². The van der Waals surface area contributed by atoms with Crippen LogP contribution in [-0.4, -0.2) is 0 Å². The fourth-order valence-corrected chi connectivity index (χ4v) is 14.4. The maximum atomic E-state index is 6.48. The maximum absolute atomic E-state index is 6.48. The third kappa shape index (κ3) is 6.42. The first-order valence-electron chi connectivity index (χ1n) is 26.9. The van der Waals surface area contributed by atoms with Crippen molar-refractivity contribution < 1.29 is 8.83 Å². The van der Waals surface area contributed by atoms with Crippen LogP contribution in [0.2, 0.25) is 0 Å². The number of para-hydroxylation sites is 2. The molecule has 79 heavy (non-hydrogen) atoms. The number of fused-ring (bicyclic) bond motifs is 26. The topological polar surface area (TPSA) is 64.3 Å². The van der Waals surface area contributed by atoms with Crippen LogP contribution >= 0.6 is 15.9 Å². The van der Waals surface area contributed by atoms with Gasteiger partial charge < -0.3 is 19.9 Å². The predicted molar refractivity (Wildman–Crippen MR) is 328 cm³/mol. The average Bonchev–Trinajstić information content (AvgIpc) is 2.61. The highest BCUT2D eigenvalue weighted by atomic mass is 79.9. The lowest BCUT2D eigenvalue weighted by Crippen LogP contribution is -2.25. The smallest absolute Gasteiger partial charge is 0.135 e. The molecule has 14 aromatic rings. The number of furan rings is 2. The Morgan fingerprint density at radius 1 is 0.304 bits per heavy atom. The number of rotatable bonds is 2. The van der Waals surface area contributed by atoms with E-state index in [1.807, 2.05) is 48.5 Å². The normalized spacial score (nSPS) is 13.6. The predicted octanol–water partition coefficient (Wildman–Crippen LogP) is 19.6. The van der Waals surface area contributed by atoms with Gasteiger partial charge in [-0.2, -0.15) is 0 Å². The van der Waals surface area contributed by atoms with Crippen molar-refractivity contribution in [2.45, 2.75) is 10.8 Å². The number of anilines is 3. The lowest BCUT2D eigenvalue weighted by atomic mass is 9.70. The van der Waals surface area contributed by atoms with Crippen molar-refractivity contribution in [1.29, 1.82) is 0 Å². The summed E-state index contributed by atoms with van der Waals surface area (Å²) in [6, 6.07) is 95.0. The molecule has 4 nitrogen and oxygen atoms in total. The Hall–Kier alpha value is -9.68. The zero-order chi connectivity index (χ0) is 52.4. The fraction of sp³-hybridized carbons (Fsp3) is 0.0270. The van der Waals surface area contributed by atoms with E-state index in [2.05, 4.69) is 240 Å². The number of hydrogen-bond donors (Lipinski definition) is 2. The molecule has 0 amide bonds. The van der Waals surface area contributed by atoms with Crippen molar-refractivity contribution in [3.63, 3.8) is 0 Å². The highest BCUT2D eigenvalue weighted by Crippen LogP contribution is 2.65. The van der Waals surface area contributed by atoms with Gasteiger partial charge in [-0.15, -0.1) is 0 Å². The SMILES string of the molecule is Brc1ccc2oc3ccccc3c2c1.Nc1cccc2c1-c1ccccc1C21c2ccccc2-c2ccccc21.c1ccc2c(c1)-c1ccccc1C21c2ccccc2-c2c(Nc3ccc4oc5ccccc5c4c3)cccc21. The molecule has 0 fully saturated rings. The summed E-state index contributed by atoms with van der Waals surface area (Å²) in [6.07, 6.45) is 0. The van der Waals surface area contributed by atoms with Crippen molar-refractivity contribution in [3.05, 3.63) is 316 Å². The van der Waals surface area contributed by atoms with Crippen LogP contribution < -0.4 is 11.1 Å². The highest BCUT2D eigenvalue weighted by Gasteiger charge is 2.53. The summed E-state index contributed by atoms with van der Waals surface area (Å²) in [5.41, 5.74) is 33.7. The van der Waals surface area contributed by atoms with Gasteiger partial charge in [0.25, 0.3) is 0 Å². The second-order valence-corrected chi connectivity index (χ2v) is 21.9. The Kier molecular flexibility index (Phi) is 10.0. The molecule has 18 rings (SSSR count). The molecule has 3 N–H and O–H groups in total. The Labute approximate surface area is 465 Å². The van der Waals surface area contributed by atoms with Crippen LogP contribution in [0.1, 0.15) is 44.5 Å². The van der Waals surface area contributed by atoms with E-state index in [9.17, 15) is 0 Å². The van der Waals surface area contributed by atoms with Crippen molar-refractivity contribution in [1.82, 2.24) is 0 Å². The molecule has 0 radical (unpaired) electrons. The van der Waals surface area contributed by atoms with Crippen LogP contribution in [0.3, 0.4) is 0 Å². The minimum atomic E-state index is -0.332. The molecule has 2 aromatic heterocycles. The molecule has 4 aliphatic carbocycles. The molecule has 0 unspecified atom stereocenters. The monoisotopic (exact) mass is 1070 g/mol. The van der Waals surface area contributed by atoms with Gasteiger partial charge in [0.2, 0.25) is 0 Å². The van der Waals surface area contributed by atoms with Crippen molar-refractivity contribution in [3.8, 4) is 44.5 Å². The first-order valence-corrected chi connectivity index (χ1v) is 27.7. The second-order valence-electron chi connectivity index (χ2n) is 20.9. The van der Waals surface area contributed by atoms with E-state index in [1.165, 1.54) is 94.4 Å². The molecule has 2 spiro atoms. The molecule has 0 aliphatic heterocycles. The standard InChI is InChI=1S/C37H23NO.C25H17N.C12H7BrO/c1-5-14-29-24(10-1)25-11-2-6-15-30(25)37(29)31-16-7-3-13-27(31)36-32(37)17-9-18-33(36)38-23-20-21-35-28(22-23)26-12-4-8-19-34(26)39-35;26-23-15-7-14-22-24(23)18-10-3-6-13-21(18)25(22)19-11-4-1-8-16(19)17-9-2-5-12-20(17)25;13-8-5-6-12-10(7-8)9-3-1-2-4-11(9)14-12/h1-22,38H;1-15H,26H2;1-7H. The van der Waals surface area contributed by atoms with Crippen LogP contribution in [0.5, 0.6) is 0 Å². The largest absolute Gasteiger partial charge is 0.456 e. The summed E-state index contributed by atoms with van der Waals surface area (Å²) >= 11 is 3.46. The summed E-state index contributed by atoms with van der Waals surface area (Å²) in [4.78, 5) is 0. The van der Waals surface area contributed by atoms with Crippen molar-refractivity contribution >= 4 is 76.9 Å².